The van der Waals surface area contributed by atoms with E-state index in [-0.39, 0.29) is 18.3 Å². The standard InChI is InChI=1S/C13H14N2O.ClH/c1-14-9-13(16)15-12-8-4-6-10-5-2-3-7-11(10)12;/h2-8,14H,9H2,1H3,(H,15,16);1H. The van der Waals surface area contributed by atoms with Crippen molar-refractivity contribution in [3.05, 3.63) is 42.5 Å². The number of hydrogen-bond donors (Lipinski definition) is 2. The predicted molar refractivity (Wildman–Crippen MR) is 73.8 cm³/mol. The number of amides is 1. The fourth-order valence-electron chi connectivity index (χ4n) is 1.69. The molecule has 2 aromatic carbocycles. The smallest absolute Gasteiger partial charge is 0.238 e. The van der Waals surface area contributed by atoms with Gasteiger partial charge in [-0.05, 0) is 18.5 Å². The van der Waals surface area contributed by atoms with Gasteiger partial charge >= 0.3 is 0 Å². The van der Waals surface area contributed by atoms with E-state index < -0.39 is 0 Å². The van der Waals surface area contributed by atoms with E-state index in [9.17, 15) is 4.79 Å². The zero-order valence-electron chi connectivity index (χ0n) is 9.57. The molecule has 17 heavy (non-hydrogen) atoms. The summed E-state index contributed by atoms with van der Waals surface area (Å²) in [4.78, 5) is 11.5. The Kier molecular flexibility index (Phi) is 4.94. The maximum absolute atomic E-state index is 11.5. The fourth-order valence-corrected chi connectivity index (χ4v) is 1.69. The minimum absolute atomic E-state index is 0. The fraction of sp³-hybridized carbons (Fsp3) is 0.154. The van der Waals surface area contributed by atoms with Gasteiger partial charge in [-0.2, -0.15) is 0 Å². The summed E-state index contributed by atoms with van der Waals surface area (Å²) in [6, 6.07) is 13.9. The Balaban J connectivity index is 0.00000144. The van der Waals surface area contributed by atoms with Crippen molar-refractivity contribution >= 4 is 34.8 Å². The van der Waals surface area contributed by atoms with Gasteiger partial charge in [0.2, 0.25) is 5.91 Å². The van der Waals surface area contributed by atoms with Crippen LogP contribution in [-0.2, 0) is 4.79 Å². The third-order valence-corrected chi connectivity index (χ3v) is 2.40. The zero-order chi connectivity index (χ0) is 11.4. The summed E-state index contributed by atoms with van der Waals surface area (Å²) >= 11 is 0. The van der Waals surface area contributed by atoms with Crippen molar-refractivity contribution in [3.8, 4) is 0 Å². The Labute approximate surface area is 107 Å². The number of nitrogens with one attached hydrogen (secondary N) is 2. The van der Waals surface area contributed by atoms with Crippen molar-refractivity contribution in [1.82, 2.24) is 5.32 Å². The molecule has 90 valence electrons. The van der Waals surface area contributed by atoms with Crippen molar-refractivity contribution in [3.63, 3.8) is 0 Å². The van der Waals surface area contributed by atoms with Gasteiger partial charge in [0.05, 0.1) is 6.54 Å². The van der Waals surface area contributed by atoms with Gasteiger partial charge < -0.3 is 10.6 Å². The molecule has 0 bridgehead atoms. The SMILES string of the molecule is CNCC(=O)Nc1cccc2ccccc12.Cl. The molecule has 1 amide bonds. The van der Waals surface area contributed by atoms with Crippen LogP contribution in [0.15, 0.2) is 42.5 Å². The van der Waals surface area contributed by atoms with Gasteiger partial charge in [-0.15, -0.1) is 12.4 Å². The minimum atomic E-state index is -0.0288. The number of likely N-dealkylation sites (N-methyl/N-ethyl adjacent to an activating group) is 1. The Bertz CT molecular complexity index is 508. The maximum Gasteiger partial charge on any atom is 0.238 e. The van der Waals surface area contributed by atoms with Crippen LogP contribution in [-0.4, -0.2) is 19.5 Å². The van der Waals surface area contributed by atoms with Gasteiger partial charge in [0, 0.05) is 11.1 Å². The summed E-state index contributed by atoms with van der Waals surface area (Å²) in [6.45, 7) is 0.323. The Morgan fingerprint density at radius 2 is 1.82 bits per heavy atom. The number of carbonyl (C=O) groups excluding carboxylic acids is 1. The van der Waals surface area contributed by atoms with E-state index >= 15 is 0 Å². The van der Waals surface area contributed by atoms with E-state index in [2.05, 4.69) is 10.6 Å². The summed E-state index contributed by atoms with van der Waals surface area (Å²) in [7, 11) is 1.75. The lowest BCUT2D eigenvalue weighted by Crippen LogP contribution is -2.25. The molecule has 0 spiro atoms. The second-order valence-corrected chi connectivity index (χ2v) is 3.61. The number of hydrogen-bond acceptors (Lipinski definition) is 2. The highest BCUT2D eigenvalue weighted by Crippen LogP contribution is 2.22. The van der Waals surface area contributed by atoms with E-state index in [0.29, 0.717) is 6.54 Å². The van der Waals surface area contributed by atoms with Crippen LogP contribution in [0.3, 0.4) is 0 Å². The molecule has 2 N–H and O–H groups in total. The third-order valence-electron chi connectivity index (χ3n) is 2.40. The first kappa shape index (κ1) is 13.5. The van der Waals surface area contributed by atoms with E-state index in [4.69, 9.17) is 0 Å². The molecule has 2 aromatic rings. The molecule has 0 saturated carbocycles. The lowest BCUT2D eigenvalue weighted by Gasteiger charge is -2.08. The molecular weight excluding hydrogens is 236 g/mol. The van der Waals surface area contributed by atoms with E-state index in [1.54, 1.807) is 7.05 Å². The topological polar surface area (TPSA) is 41.1 Å². The lowest BCUT2D eigenvalue weighted by atomic mass is 10.1. The first-order valence-electron chi connectivity index (χ1n) is 5.23. The van der Waals surface area contributed by atoms with Crippen molar-refractivity contribution in [1.29, 1.82) is 0 Å². The van der Waals surface area contributed by atoms with Gasteiger partial charge in [-0.1, -0.05) is 36.4 Å². The van der Waals surface area contributed by atoms with Crippen LogP contribution >= 0.6 is 12.4 Å². The molecule has 0 aliphatic carbocycles. The number of halogens is 1. The quantitative estimate of drug-likeness (QED) is 0.879. The van der Waals surface area contributed by atoms with Crippen LogP contribution < -0.4 is 10.6 Å². The predicted octanol–water partition coefficient (Wildman–Crippen LogP) is 2.42. The highest BCUT2D eigenvalue weighted by Gasteiger charge is 2.03. The third kappa shape index (κ3) is 3.19. The number of fused-ring (bicyclic) bond motifs is 1. The van der Waals surface area contributed by atoms with Crippen LogP contribution in [0, 0.1) is 0 Å². The molecule has 0 aliphatic rings. The first-order valence-corrected chi connectivity index (χ1v) is 5.23. The van der Waals surface area contributed by atoms with Crippen LogP contribution in [0.1, 0.15) is 0 Å². The normalized spacial score (nSPS) is 9.71. The summed E-state index contributed by atoms with van der Waals surface area (Å²) in [5, 5.41) is 7.90. The lowest BCUT2D eigenvalue weighted by molar-refractivity contribution is -0.115. The molecule has 4 heteroatoms. The number of rotatable bonds is 3. The first-order chi connectivity index (χ1) is 7.81. The molecule has 0 saturated heterocycles. The molecule has 3 nitrogen and oxygen atoms in total. The van der Waals surface area contributed by atoms with E-state index in [1.807, 2.05) is 42.5 Å². The molecule has 0 aliphatic heterocycles. The van der Waals surface area contributed by atoms with Crippen LogP contribution in [0.4, 0.5) is 5.69 Å². The van der Waals surface area contributed by atoms with Crippen molar-refractivity contribution < 1.29 is 4.79 Å². The summed E-state index contributed by atoms with van der Waals surface area (Å²) < 4.78 is 0. The number of benzene rings is 2. The highest BCUT2D eigenvalue weighted by molar-refractivity contribution is 6.02. The van der Waals surface area contributed by atoms with Crippen molar-refractivity contribution in [2.45, 2.75) is 0 Å². The maximum atomic E-state index is 11.5. The van der Waals surface area contributed by atoms with Crippen molar-refractivity contribution in [2.24, 2.45) is 0 Å². The molecule has 0 aromatic heterocycles. The molecule has 0 radical (unpaired) electrons. The van der Waals surface area contributed by atoms with Gasteiger partial charge in [-0.3, -0.25) is 4.79 Å². The number of carbonyl (C=O) groups is 1. The van der Waals surface area contributed by atoms with Gasteiger partial charge in [0.1, 0.15) is 0 Å². The largest absolute Gasteiger partial charge is 0.324 e. The molecule has 0 atom stereocenters. The molecule has 0 fully saturated rings. The molecule has 0 heterocycles. The Hall–Kier alpha value is -1.58. The monoisotopic (exact) mass is 250 g/mol. The molecule has 0 unspecified atom stereocenters. The second kappa shape index (κ2) is 6.23. The second-order valence-electron chi connectivity index (χ2n) is 3.61. The van der Waals surface area contributed by atoms with Gasteiger partial charge in [0.15, 0.2) is 0 Å². The summed E-state index contributed by atoms with van der Waals surface area (Å²) in [6.07, 6.45) is 0. The average molecular weight is 251 g/mol. The van der Waals surface area contributed by atoms with Crippen molar-refractivity contribution in [2.75, 3.05) is 18.9 Å². The Morgan fingerprint density at radius 1 is 1.12 bits per heavy atom. The zero-order valence-corrected chi connectivity index (χ0v) is 10.4. The van der Waals surface area contributed by atoms with Gasteiger partial charge in [-0.25, -0.2) is 0 Å². The average Bonchev–Trinajstić information content (AvgIpc) is 2.30. The van der Waals surface area contributed by atoms with Gasteiger partial charge in [0.25, 0.3) is 0 Å². The van der Waals surface area contributed by atoms with E-state index in [1.165, 1.54) is 0 Å². The van der Waals surface area contributed by atoms with E-state index in [0.717, 1.165) is 16.5 Å². The number of anilines is 1. The van der Waals surface area contributed by atoms with Crippen LogP contribution in [0.25, 0.3) is 10.8 Å². The molecule has 2 rings (SSSR count). The minimum Gasteiger partial charge on any atom is -0.324 e. The molecular formula is C13H15ClN2O. The Morgan fingerprint density at radius 3 is 2.59 bits per heavy atom. The summed E-state index contributed by atoms with van der Waals surface area (Å²) in [5.41, 5.74) is 0.860. The highest BCUT2D eigenvalue weighted by atomic mass is 35.5. The van der Waals surface area contributed by atoms with Crippen LogP contribution in [0.5, 0.6) is 0 Å². The van der Waals surface area contributed by atoms with Crippen LogP contribution in [0.2, 0.25) is 0 Å². The summed E-state index contributed by atoms with van der Waals surface area (Å²) in [5.74, 6) is -0.0288.